The van der Waals surface area contributed by atoms with E-state index >= 15 is 0 Å². The minimum absolute atomic E-state index is 0.0287. The highest BCUT2D eigenvalue weighted by molar-refractivity contribution is 6.32. The molecule has 1 aliphatic heterocycles. The van der Waals surface area contributed by atoms with Gasteiger partial charge in [0.2, 0.25) is 0 Å². The van der Waals surface area contributed by atoms with E-state index in [1.165, 1.54) is 0 Å². The molecule has 0 radical (unpaired) electrons. The van der Waals surface area contributed by atoms with E-state index in [0.717, 1.165) is 18.5 Å². The van der Waals surface area contributed by atoms with E-state index in [9.17, 15) is 4.79 Å². The number of benzene rings is 1. The second kappa shape index (κ2) is 8.25. The molecule has 7 heteroatoms. The van der Waals surface area contributed by atoms with Gasteiger partial charge in [0.25, 0.3) is 0 Å². The molecule has 1 heterocycles. The quantitative estimate of drug-likeness (QED) is 0.747. The van der Waals surface area contributed by atoms with E-state index < -0.39 is 5.60 Å². The highest BCUT2D eigenvalue weighted by Crippen LogP contribution is 2.34. The van der Waals surface area contributed by atoms with E-state index in [-0.39, 0.29) is 18.2 Å². The number of nitrogens with one attached hydrogen (secondary N) is 1. The Morgan fingerprint density at radius 2 is 1.92 bits per heavy atom. The number of rotatable bonds is 4. The summed E-state index contributed by atoms with van der Waals surface area (Å²) in [7, 11) is 0. The molecule has 1 fully saturated rings. The van der Waals surface area contributed by atoms with Crippen molar-refractivity contribution in [1.29, 1.82) is 0 Å². The summed E-state index contributed by atoms with van der Waals surface area (Å²) >= 11 is 6.20. The Bertz CT molecular complexity index is 636. The molecule has 0 aliphatic carbocycles. The molecule has 6 nitrogen and oxygen atoms in total. The van der Waals surface area contributed by atoms with E-state index in [4.69, 9.17) is 26.8 Å². The number of nitrogen functional groups attached to an aromatic ring is 1. The SMILES string of the molecule is CC(C)Oc1cc(NC2CCN(C(=O)OC(C)(C)C)CC2)c(N)cc1Cl. The predicted molar refractivity (Wildman–Crippen MR) is 106 cm³/mol. The molecule has 26 heavy (non-hydrogen) atoms. The number of hydrogen-bond acceptors (Lipinski definition) is 5. The number of halogens is 1. The van der Waals surface area contributed by atoms with Gasteiger partial charge in [0.15, 0.2) is 0 Å². The molecule has 1 aliphatic rings. The molecule has 0 aromatic heterocycles. The number of carbonyl (C=O) groups is 1. The van der Waals surface area contributed by atoms with Crippen LogP contribution in [0.3, 0.4) is 0 Å². The van der Waals surface area contributed by atoms with Gasteiger partial charge < -0.3 is 25.4 Å². The number of nitrogens with zero attached hydrogens (tertiary/aromatic N) is 1. The third kappa shape index (κ3) is 5.87. The average molecular weight is 384 g/mol. The molecule has 1 aromatic rings. The van der Waals surface area contributed by atoms with E-state index in [2.05, 4.69) is 5.32 Å². The number of anilines is 2. The van der Waals surface area contributed by atoms with Crippen LogP contribution in [-0.2, 0) is 4.74 Å². The van der Waals surface area contributed by atoms with Gasteiger partial charge in [-0.3, -0.25) is 0 Å². The lowest BCUT2D eigenvalue weighted by Crippen LogP contribution is -2.44. The van der Waals surface area contributed by atoms with Crippen molar-refractivity contribution in [2.45, 2.75) is 65.2 Å². The largest absolute Gasteiger partial charge is 0.489 e. The summed E-state index contributed by atoms with van der Waals surface area (Å²) in [5, 5.41) is 3.96. The van der Waals surface area contributed by atoms with Crippen LogP contribution in [0.1, 0.15) is 47.5 Å². The maximum atomic E-state index is 12.1. The lowest BCUT2D eigenvalue weighted by atomic mass is 10.0. The lowest BCUT2D eigenvalue weighted by molar-refractivity contribution is 0.0210. The molecule has 146 valence electrons. The van der Waals surface area contributed by atoms with Crippen molar-refractivity contribution >= 4 is 29.1 Å². The number of piperidine rings is 1. The maximum Gasteiger partial charge on any atom is 0.410 e. The van der Waals surface area contributed by atoms with E-state index in [0.29, 0.717) is 29.5 Å². The molecule has 0 unspecified atom stereocenters. The van der Waals surface area contributed by atoms with Crippen molar-refractivity contribution in [3.63, 3.8) is 0 Å². The van der Waals surface area contributed by atoms with Crippen LogP contribution in [-0.4, -0.2) is 41.8 Å². The Labute approximate surface area is 161 Å². The average Bonchev–Trinajstić information content (AvgIpc) is 2.50. The molecule has 1 aromatic carbocycles. The minimum Gasteiger partial charge on any atom is -0.489 e. The topological polar surface area (TPSA) is 76.8 Å². The molecular formula is C19H30ClN3O3. The zero-order valence-corrected chi connectivity index (χ0v) is 17.0. The van der Waals surface area contributed by atoms with Gasteiger partial charge in [0.1, 0.15) is 11.4 Å². The Morgan fingerprint density at radius 1 is 1.31 bits per heavy atom. The van der Waals surface area contributed by atoms with Crippen LogP contribution < -0.4 is 15.8 Å². The first kappa shape index (κ1) is 20.5. The summed E-state index contributed by atoms with van der Waals surface area (Å²) in [6, 6.07) is 3.78. The molecule has 2 rings (SSSR count). The highest BCUT2D eigenvalue weighted by Gasteiger charge is 2.27. The molecule has 0 bridgehead atoms. The van der Waals surface area contributed by atoms with Crippen LogP contribution >= 0.6 is 11.6 Å². The first-order valence-corrected chi connectivity index (χ1v) is 9.43. The predicted octanol–water partition coefficient (Wildman–Crippen LogP) is 4.52. The van der Waals surface area contributed by atoms with Crippen molar-refractivity contribution in [3.05, 3.63) is 17.2 Å². The Morgan fingerprint density at radius 3 is 2.46 bits per heavy atom. The van der Waals surface area contributed by atoms with Crippen molar-refractivity contribution in [2.24, 2.45) is 0 Å². The fourth-order valence-corrected chi connectivity index (χ4v) is 3.01. The van der Waals surface area contributed by atoms with E-state index in [1.807, 2.05) is 40.7 Å². The van der Waals surface area contributed by atoms with Crippen molar-refractivity contribution in [1.82, 2.24) is 4.90 Å². The Kier molecular flexibility index (Phi) is 6.50. The summed E-state index contributed by atoms with van der Waals surface area (Å²) in [6.45, 7) is 10.8. The van der Waals surface area contributed by atoms with E-state index in [1.54, 1.807) is 11.0 Å². The highest BCUT2D eigenvalue weighted by atomic mass is 35.5. The first-order chi connectivity index (χ1) is 12.0. The van der Waals surface area contributed by atoms with Crippen LogP contribution in [0.15, 0.2) is 12.1 Å². The van der Waals surface area contributed by atoms with Crippen molar-refractivity contribution in [2.75, 3.05) is 24.1 Å². The Hall–Kier alpha value is -1.82. The standard InChI is InChI=1S/C19H30ClN3O3/c1-12(2)25-17-11-16(15(21)10-14(17)20)22-13-6-8-23(9-7-13)18(24)26-19(3,4)5/h10-13,22H,6-9,21H2,1-5H3. The zero-order chi connectivity index (χ0) is 19.5. The fraction of sp³-hybridized carbons (Fsp3) is 0.632. The van der Waals surface area contributed by atoms with Gasteiger partial charge in [0, 0.05) is 25.2 Å². The summed E-state index contributed by atoms with van der Waals surface area (Å²) in [6.07, 6.45) is 1.42. The third-order valence-corrected chi connectivity index (χ3v) is 4.27. The summed E-state index contributed by atoms with van der Waals surface area (Å²) < 4.78 is 11.2. The van der Waals surface area contributed by atoms with Gasteiger partial charge in [-0.25, -0.2) is 4.79 Å². The molecular weight excluding hydrogens is 354 g/mol. The second-order valence-corrected chi connectivity index (χ2v) is 8.33. The van der Waals surface area contributed by atoms with Crippen LogP contribution in [0.25, 0.3) is 0 Å². The zero-order valence-electron chi connectivity index (χ0n) is 16.3. The Balaban J connectivity index is 1.96. The fourth-order valence-electron chi connectivity index (χ4n) is 2.79. The number of nitrogens with two attached hydrogens (primary N) is 1. The van der Waals surface area contributed by atoms with Gasteiger partial charge >= 0.3 is 6.09 Å². The first-order valence-electron chi connectivity index (χ1n) is 9.05. The van der Waals surface area contributed by atoms with Gasteiger partial charge in [-0.2, -0.15) is 0 Å². The smallest absolute Gasteiger partial charge is 0.410 e. The number of hydrogen-bond donors (Lipinski definition) is 2. The minimum atomic E-state index is -0.475. The maximum absolute atomic E-state index is 12.1. The molecule has 0 atom stereocenters. The molecule has 3 N–H and O–H groups in total. The van der Waals surface area contributed by atoms with Gasteiger partial charge in [-0.1, -0.05) is 11.6 Å². The van der Waals surface area contributed by atoms with Gasteiger partial charge in [0.05, 0.1) is 22.5 Å². The summed E-state index contributed by atoms with van der Waals surface area (Å²) in [5.41, 5.74) is 7.01. The molecule has 0 saturated carbocycles. The van der Waals surface area contributed by atoms with Crippen molar-refractivity contribution < 1.29 is 14.3 Å². The summed E-state index contributed by atoms with van der Waals surface area (Å²) in [5.74, 6) is 0.615. The molecule has 1 amide bonds. The van der Waals surface area contributed by atoms with Gasteiger partial charge in [-0.05, 0) is 53.5 Å². The normalized spacial score (nSPS) is 15.9. The van der Waals surface area contributed by atoms with Gasteiger partial charge in [-0.15, -0.1) is 0 Å². The number of ether oxygens (including phenoxy) is 2. The monoisotopic (exact) mass is 383 g/mol. The molecule has 0 spiro atoms. The number of carbonyl (C=O) groups excluding carboxylic acids is 1. The van der Waals surface area contributed by atoms with Crippen molar-refractivity contribution in [3.8, 4) is 5.75 Å². The van der Waals surface area contributed by atoms with Crippen LogP contribution in [0.4, 0.5) is 16.2 Å². The number of amides is 1. The second-order valence-electron chi connectivity index (χ2n) is 7.92. The lowest BCUT2D eigenvalue weighted by Gasteiger charge is -2.34. The summed E-state index contributed by atoms with van der Waals surface area (Å²) in [4.78, 5) is 13.9. The van der Waals surface area contributed by atoms with Crippen LogP contribution in [0, 0.1) is 0 Å². The third-order valence-electron chi connectivity index (χ3n) is 3.97. The van der Waals surface area contributed by atoms with Crippen LogP contribution in [0.5, 0.6) is 5.75 Å². The number of likely N-dealkylation sites (tertiary alicyclic amines) is 1. The molecule has 1 saturated heterocycles. The van der Waals surface area contributed by atoms with Crippen LogP contribution in [0.2, 0.25) is 5.02 Å².